The number of benzene rings is 1. The van der Waals surface area contributed by atoms with Crippen LogP contribution in [0.2, 0.25) is 0 Å². The van der Waals surface area contributed by atoms with Crippen LogP contribution in [0, 0.1) is 0 Å². The number of alkyl halides is 1. The average molecular weight is 273 g/mol. The van der Waals surface area contributed by atoms with Crippen molar-refractivity contribution in [3.05, 3.63) is 23.8 Å². The lowest BCUT2D eigenvalue weighted by atomic mass is 10.1. The molecule has 1 rings (SSSR count). The first-order valence-electron chi connectivity index (χ1n) is 5.08. The highest BCUT2D eigenvalue weighted by atomic mass is 79.9. The van der Waals surface area contributed by atoms with Crippen molar-refractivity contribution < 1.29 is 9.47 Å². The summed E-state index contributed by atoms with van der Waals surface area (Å²) in [7, 11) is 3.32. The molecule has 1 aromatic rings. The molecule has 1 aromatic carbocycles. The van der Waals surface area contributed by atoms with Gasteiger partial charge in [0.15, 0.2) is 11.5 Å². The third-order valence-corrected chi connectivity index (χ3v) is 2.86. The van der Waals surface area contributed by atoms with Crippen molar-refractivity contribution in [2.24, 2.45) is 0 Å². The van der Waals surface area contributed by atoms with Crippen molar-refractivity contribution >= 4 is 15.9 Å². The van der Waals surface area contributed by atoms with E-state index in [2.05, 4.69) is 22.0 Å². The van der Waals surface area contributed by atoms with Gasteiger partial charge >= 0.3 is 0 Å². The Morgan fingerprint density at radius 3 is 2.40 bits per heavy atom. The lowest BCUT2D eigenvalue weighted by Crippen LogP contribution is -1.93. The summed E-state index contributed by atoms with van der Waals surface area (Å²) >= 11 is 3.43. The normalized spacial score (nSPS) is 10.1. The number of unbranched alkanes of at least 4 members (excludes halogenated alkanes) is 1. The molecule has 0 spiro atoms. The van der Waals surface area contributed by atoms with Crippen LogP contribution in [0.25, 0.3) is 0 Å². The maximum Gasteiger partial charge on any atom is 0.160 e. The lowest BCUT2D eigenvalue weighted by molar-refractivity contribution is 0.354. The Morgan fingerprint density at radius 2 is 1.80 bits per heavy atom. The molecule has 2 nitrogen and oxygen atoms in total. The maximum atomic E-state index is 5.25. The van der Waals surface area contributed by atoms with Gasteiger partial charge in [0.2, 0.25) is 0 Å². The molecule has 0 saturated carbocycles. The van der Waals surface area contributed by atoms with E-state index in [4.69, 9.17) is 9.47 Å². The lowest BCUT2D eigenvalue weighted by Gasteiger charge is -2.09. The summed E-state index contributed by atoms with van der Waals surface area (Å²) in [5.41, 5.74) is 1.30. The highest BCUT2D eigenvalue weighted by Gasteiger charge is 2.03. The Hall–Kier alpha value is -0.700. The standard InChI is InChI=1S/C12H17BrO2/c1-14-11-7-6-10(5-3-4-8-13)9-12(11)15-2/h6-7,9H,3-5,8H2,1-2H3. The second kappa shape index (κ2) is 6.72. The molecule has 0 aliphatic carbocycles. The van der Waals surface area contributed by atoms with Crippen LogP contribution in [-0.2, 0) is 6.42 Å². The molecule has 0 aliphatic rings. The molecular formula is C12H17BrO2. The van der Waals surface area contributed by atoms with E-state index >= 15 is 0 Å². The fraction of sp³-hybridized carbons (Fsp3) is 0.500. The van der Waals surface area contributed by atoms with Crippen LogP contribution >= 0.6 is 15.9 Å². The summed E-state index contributed by atoms with van der Waals surface area (Å²) in [4.78, 5) is 0. The molecule has 0 radical (unpaired) electrons. The van der Waals surface area contributed by atoms with E-state index in [1.807, 2.05) is 12.1 Å². The van der Waals surface area contributed by atoms with Gasteiger partial charge in [-0.3, -0.25) is 0 Å². The van der Waals surface area contributed by atoms with Gasteiger partial charge in [0.1, 0.15) is 0 Å². The van der Waals surface area contributed by atoms with Gasteiger partial charge in [-0.15, -0.1) is 0 Å². The zero-order valence-corrected chi connectivity index (χ0v) is 10.8. The topological polar surface area (TPSA) is 18.5 Å². The number of methoxy groups -OCH3 is 2. The largest absolute Gasteiger partial charge is 0.493 e. The summed E-state index contributed by atoms with van der Waals surface area (Å²) in [6.45, 7) is 0. The van der Waals surface area contributed by atoms with E-state index in [0.29, 0.717) is 0 Å². The van der Waals surface area contributed by atoms with E-state index in [0.717, 1.165) is 23.2 Å². The van der Waals surface area contributed by atoms with Gasteiger partial charge < -0.3 is 9.47 Å². The maximum absolute atomic E-state index is 5.25. The molecule has 15 heavy (non-hydrogen) atoms. The Morgan fingerprint density at radius 1 is 1.07 bits per heavy atom. The van der Waals surface area contributed by atoms with Crippen LogP contribution in [0.15, 0.2) is 18.2 Å². The van der Waals surface area contributed by atoms with Gasteiger partial charge in [-0.25, -0.2) is 0 Å². The molecule has 0 heterocycles. The second-order valence-electron chi connectivity index (χ2n) is 3.34. The minimum absolute atomic E-state index is 0.793. The quantitative estimate of drug-likeness (QED) is 0.584. The fourth-order valence-electron chi connectivity index (χ4n) is 1.46. The van der Waals surface area contributed by atoms with E-state index in [9.17, 15) is 0 Å². The molecule has 0 saturated heterocycles. The molecule has 0 fully saturated rings. The molecule has 0 unspecified atom stereocenters. The van der Waals surface area contributed by atoms with Crippen molar-refractivity contribution in [1.29, 1.82) is 0 Å². The Bertz CT molecular complexity index is 300. The van der Waals surface area contributed by atoms with Crippen LogP contribution in [-0.4, -0.2) is 19.5 Å². The molecule has 0 N–H and O–H groups in total. The Balaban J connectivity index is 2.66. The Labute approximate surface area is 99.7 Å². The minimum atomic E-state index is 0.793. The van der Waals surface area contributed by atoms with Gasteiger partial charge in [0.25, 0.3) is 0 Å². The molecule has 0 amide bonds. The highest BCUT2D eigenvalue weighted by molar-refractivity contribution is 9.09. The van der Waals surface area contributed by atoms with Gasteiger partial charge in [0, 0.05) is 5.33 Å². The van der Waals surface area contributed by atoms with Crippen molar-refractivity contribution in [2.75, 3.05) is 19.5 Å². The van der Waals surface area contributed by atoms with Gasteiger partial charge in [-0.2, -0.15) is 0 Å². The molecule has 0 aromatic heterocycles. The molecule has 84 valence electrons. The van der Waals surface area contributed by atoms with Crippen LogP contribution in [0.3, 0.4) is 0 Å². The first-order valence-corrected chi connectivity index (χ1v) is 6.21. The summed E-state index contributed by atoms with van der Waals surface area (Å²) in [6.07, 6.45) is 3.49. The van der Waals surface area contributed by atoms with E-state index < -0.39 is 0 Å². The zero-order chi connectivity index (χ0) is 11.1. The Kier molecular flexibility index (Phi) is 5.54. The van der Waals surface area contributed by atoms with Crippen LogP contribution in [0.4, 0.5) is 0 Å². The molecule has 3 heteroatoms. The first kappa shape index (κ1) is 12.4. The number of halogens is 1. The van der Waals surface area contributed by atoms with Gasteiger partial charge in [-0.05, 0) is 37.0 Å². The number of ether oxygens (including phenoxy) is 2. The monoisotopic (exact) mass is 272 g/mol. The molecule has 0 aliphatic heterocycles. The third-order valence-electron chi connectivity index (χ3n) is 2.30. The highest BCUT2D eigenvalue weighted by Crippen LogP contribution is 2.28. The van der Waals surface area contributed by atoms with E-state index in [1.54, 1.807) is 14.2 Å². The summed E-state index contributed by atoms with van der Waals surface area (Å²) in [5, 5.41) is 1.07. The zero-order valence-electron chi connectivity index (χ0n) is 9.25. The number of aryl methyl sites for hydroxylation is 1. The van der Waals surface area contributed by atoms with Crippen molar-refractivity contribution in [3.63, 3.8) is 0 Å². The SMILES string of the molecule is COc1ccc(CCCCBr)cc1OC. The number of hydrogen-bond acceptors (Lipinski definition) is 2. The summed E-state index contributed by atoms with van der Waals surface area (Å²) < 4.78 is 10.4. The first-order chi connectivity index (χ1) is 7.31. The summed E-state index contributed by atoms with van der Waals surface area (Å²) in [5.74, 6) is 1.61. The van der Waals surface area contributed by atoms with Crippen LogP contribution < -0.4 is 9.47 Å². The number of rotatable bonds is 6. The smallest absolute Gasteiger partial charge is 0.160 e. The third kappa shape index (κ3) is 3.74. The molecule has 0 bridgehead atoms. The van der Waals surface area contributed by atoms with Crippen LogP contribution in [0.5, 0.6) is 11.5 Å². The second-order valence-corrected chi connectivity index (χ2v) is 4.13. The van der Waals surface area contributed by atoms with Crippen molar-refractivity contribution in [2.45, 2.75) is 19.3 Å². The number of hydrogen-bond donors (Lipinski definition) is 0. The van der Waals surface area contributed by atoms with E-state index in [-0.39, 0.29) is 0 Å². The van der Waals surface area contributed by atoms with Gasteiger partial charge in [-0.1, -0.05) is 22.0 Å². The van der Waals surface area contributed by atoms with Crippen molar-refractivity contribution in [3.8, 4) is 11.5 Å². The average Bonchev–Trinajstić information content (AvgIpc) is 2.29. The summed E-state index contributed by atoms with van der Waals surface area (Å²) in [6, 6.07) is 6.10. The van der Waals surface area contributed by atoms with Crippen LogP contribution in [0.1, 0.15) is 18.4 Å². The van der Waals surface area contributed by atoms with E-state index in [1.165, 1.54) is 18.4 Å². The predicted octanol–water partition coefficient (Wildman–Crippen LogP) is 3.42. The molecular weight excluding hydrogens is 256 g/mol. The minimum Gasteiger partial charge on any atom is -0.493 e. The fourth-order valence-corrected chi connectivity index (χ4v) is 1.86. The molecule has 0 atom stereocenters. The van der Waals surface area contributed by atoms with Crippen molar-refractivity contribution in [1.82, 2.24) is 0 Å². The predicted molar refractivity (Wildman–Crippen MR) is 66.3 cm³/mol. The van der Waals surface area contributed by atoms with Gasteiger partial charge in [0.05, 0.1) is 14.2 Å².